The molecular weight excluding hydrogens is 1180 g/mol. The molecule has 0 fully saturated rings. The summed E-state index contributed by atoms with van der Waals surface area (Å²) in [5.74, 6) is 0. The number of aromatic nitrogens is 6. The molecule has 6 heterocycles. The van der Waals surface area contributed by atoms with E-state index in [0.29, 0.717) is 43.6 Å². The molecule has 0 N–H and O–H groups in total. The largest absolute Gasteiger partial charge is 0.420 e. The lowest BCUT2D eigenvalue weighted by Gasteiger charge is -2.23. The van der Waals surface area contributed by atoms with Gasteiger partial charge in [-0.15, -0.1) is 0 Å². The number of pyridine rings is 4. The Kier molecular flexibility index (Phi) is 14.0. The van der Waals surface area contributed by atoms with Crippen molar-refractivity contribution in [2.75, 3.05) is 0 Å². The van der Waals surface area contributed by atoms with Gasteiger partial charge >= 0.3 is 12.4 Å². The normalized spacial score (nSPS) is 11.9. The number of halogens is 6. The number of hydrogen-bond acceptors (Lipinski definition) is 4. The van der Waals surface area contributed by atoms with Crippen molar-refractivity contribution in [2.45, 2.75) is 12.4 Å². The maximum Gasteiger partial charge on any atom is 0.420 e. The highest BCUT2D eigenvalue weighted by atomic mass is 19.4. The molecule has 16 aromatic rings. The van der Waals surface area contributed by atoms with Gasteiger partial charge in [0, 0.05) is 90.8 Å². The molecule has 0 aliphatic rings. The second kappa shape index (κ2) is 23.0. The van der Waals surface area contributed by atoms with Crippen LogP contribution in [0.1, 0.15) is 11.1 Å². The molecule has 12 heteroatoms. The summed E-state index contributed by atoms with van der Waals surface area (Å²) in [6.07, 6.45) is -2.70. The van der Waals surface area contributed by atoms with E-state index in [9.17, 15) is 13.2 Å². The summed E-state index contributed by atoms with van der Waals surface area (Å²) in [5, 5.41) is 2.51. The molecule has 0 spiro atoms. The quantitative estimate of drug-likeness (QED) is 0.121. The van der Waals surface area contributed by atoms with E-state index in [1.807, 2.05) is 243 Å². The van der Waals surface area contributed by atoms with Gasteiger partial charge in [0.2, 0.25) is 0 Å². The highest BCUT2D eigenvalue weighted by Crippen LogP contribution is 2.48. The highest BCUT2D eigenvalue weighted by molar-refractivity contribution is 6.14. The van der Waals surface area contributed by atoms with Gasteiger partial charge in [0.15, 0.2) is 0 Å². The SMILES string of the molecule is FC(F)(F)c1cccc(-c2cc(-n3c4ccc(-c5ccc(-c6ccccc6)nc5)cc4c4cc(-c5ccc(-c6ccccc6)nc5)ccc43)c(C(F)(F)F)c(-n3c4ccc(-c5ccc(-c6ccccc6)nc5)cc4c4cc(-c5ccc(-c6ccccc6)nc5)ccc43)c2)c1. The van der Waals surface area contributed by atoms with Gasteiger partial charge in [-0.1, -0.05) is 182 Å². The van der Waals surface area contributed by atoms with Crippen molar-refractivity contribution in [2.24, 2.45) is 0 Å². The summed E-state index contributed by atoms with van der Waals surface area (Å²) in [5.41, 5.74) is 12.4. The monoisotopic (exact) mass is 1230 g/mol. The first-order valence-electron chi connectivity index (χ1n) is 30.5. The second-order valence-electron chi connectivity index (χ2n) is 23.3. The van der Waals surface area contributed by atoms with Crippen LogP contribution in [0.25, 0.3) is 156 Å². The van der Waals surface area contributed by atoms with E-state index in [1.54, 1.807) is 33.9 Å². The Morgan fingerprint density at radius 1 is 0.223 bits per heavy atom. The summed E-state index contributed by atoms with van der Waals surface area (Å²) < 4.78 is 100.0. The minimum Gasteiger partial charge on any atom is -0.309 e. The Labute approximate surface area is 535 Å². The first-order chi connectivity index (χ1) is 45.8. The molecule has 6 aromatic heterocycles. The summed E-state index contributed by atoms with van der Waals surface area (Å²) in [7, 11) is 0. The molecule has 0 saturated heterocycles. The van der Waals surface area contributed by atoms with Crippen LogP contribution in [-0.2, 0) is 12.4 Å². The molecular formula is C82H50F6N6. The third-order valence-electron chi connectivity index (χ3n) is 17.6. The number of alkyl halides is 6. The lowest BCUT2D eigenvalue weighted by atomic mass is 9.97. The van der Waals surface area contributed by atoms with Gasteiger partial charge in [-0.05, 0) is 130 Å². The fraction of sp³-hybridized carbons (Fsp3) is 0.0244. The predicted octanol–water partition coefficient (Wildman–Crippen LogP) is 22.5. The third-order valence-corrected chi connectivity index (χ3v) is 17.6. The number of rotatable bonds is 11. The van der Waals surface area contributed by atoms with Crippen LogP contribution in [0.5, 0.6) is 0 Å². The predicted molar refractivity (Wildman–Crippen MR) is 365 cm³/mol. The number of benzene rings is 10. The van der Waals surface area contributed by atoms with E-state index in [0.717, 1.165) is 102 Å². The van der Waals surface area contributed by atoms with Gasteiger partial charge in [-0.25, -0.2) is 0 Å². The van der Waals surface area contributed by atoms with Gasteiger partial charge in [0.05, 0.1) is 61.8 Å². The zero-order valence-corrected chi connectivity index (χ0v) is 49.8. The van der Waals surface area contributed by atoms with Crippen molar-refractivity contribution < 1.29 is 26.3 Å². The van der Waals surface area contributed by atoms with Crippen LogP contribution < -0.4 is 0 Å². The molecule has 0 atom stereocenters. The molecule has 0 aliphatic carbocycles. The zero-order chi connectivity index (χ0) is 63.7. The summed E-state index contributed by atoms with van der Waals surface area (Å²) >= 11 is 0. The minimum absolute atomic E-state index is 0.0672. The lowest BCUT2D eigenvalue weighted by molar-refractivity contribution is -0.138. The standard InChI is InChI=1S/C82H50F6N6/c83-81(84,85)65-23-13-22-55(40-65)64-45-78(93-74-36-28-56(60-24-32-70(89-47-60)51-14-5-1-6-15-51)41-66(74)67-42-57(29-37-75(67)93)61-25-33-71(90-48-61)52-16-7-2-8-17-52)80(82(86,87)88)79(46-64)94-76-38-30-58(62-26-34-72(91-49-62)53-18-9-3-10-19-53)43-68(76)69-44-59(31-39-77(69)94)63-27-35-73(92-50-63)54-20-11-4-12-21-54/h1-50H. The average molecular weight is 1230 g/mol. The lowest BCUT2D eigenvalue weighted by Crippen LogP contribution is -2.16. The maximum absolute atomic E-state index is 17.4. The first kappa shape index (κ1) is 57.2. The number of fused-ring (bicyclic) bond motifs is 6. The highest BCUT2D eigenvalue weighted by Gasteiger charge is 2.40. The Morgan fingerprint density at radius 3 is 0.766 bits per heavy atom. The van der Waals surface area contributed by atoms with Crippen molar-refractivity contribution in [1.29, 1.82) is 0 Å². The van der Waals surface area contributed by atoms with Gasteiger partial charge < -0.3 is 9.13 Å². The fourth-order valence-corrected chi connectivity index (χ4v) is 13.0. The number of nitrogens with zero attached hydrogens (tertiary/aromatic N) is 6. The molecule has 94 heavy (non-hydrogen) atoms. The van der Waals surface area contributed by atoms with Crippen LogP contribution >= 0.6 is 0 Å². The Hall–Kier alpha value is -12.0. The van der Waals surface area contributed by atoms with Crippen molar-refractivity contribution in [3.8, 4) is 112 Å². The zero-order valence-electron chi connectivity index (χ0n) is 49.8. The van der Waals surface area contributed by atoms with E-state index in [1.165, 1.54) is 24.3 Å². The minimum atomic E-state index is -5.08. The van der Waals surface area contributed by atoms with E-state index < -0.39 is 23.5 Å². The molecule has 0 radical (unpaired) electrons. The smallest absolute Gasteiger partial charge is 0.309 e. The topological polar surface area (TPSA) is 61.4 Å². The van der Waals surface area contributed by atoms with Crippen LogP contribution in [0.3, 0.4) is 0 Å². The molecule has 0 saturated carbocycles. The van der Waals surface area contributed by atoms with Crippen LogP contribution in [0, 0.1) is 0 Å². The van der Waals surface area contributed by atoms with Crippen molar-refractivity contribution >= 4 is 43.6 Å². The first-order valence-corrected chi connectivity index (χ1v) is 30.5. The van der Waals surface area contributed by atoms with Crippen LogP contribution in [0.15, 0.2) is 304 Å². The summed E-state index contributed by atoms with van der Waals surface area (Å²) in [6.45, 7) is 0. The Morgan fingerprint density at radius 2 is 0.500 bits per heavy atom. The summed E-state index contributed by atoms with van der Waals surface area (Å²) in [4.78, 5) is 19.3. The van der Waals surface area contributed by atoms with Crippen molar-refractivity contribution in [3.63, 3.8) is 0 Å². The van der Waals surface area contributed by atoms with Crippen LogP contribution in [-0.4, -0.2) is 29.1 Å². The molecule has 6 nitrogen and oxygen atoms in total. The van der Waals surface area contributed by atoms with Crippen molar-refractivity contribution in [1.82, 2.24) is 29.1 Å². The average Bonchev–Trinajstić information content (AvgIpc) is 1.54. The van der Waals surface area contributed by atoms with E-state index in [4.69, 9.17) is 19.9 Å². The molecule has 0 unspecified atom stereocenters. The van der Waals surface area contributed by atoms with E-state index >= 15 is 13.2 Å². The Balaban J connectivity index is 0.948. The fourth-order valence-electron chi connectivity index (χ4n) is 13.0. The van der Waals surface area contributed by atoms with E-state index in [-0.39, 0.29) is 22.5 Å². The molecule has 0 aliphatic heterocycles. The van der Waals surface area contributed by atoms with Gasteiger partial charge in [0.25, 0.3) is 0 Å². The van der Waals surface area contributed by atoms with Gasteiger partial charge in [-0.3, -0.25) is 19.9 Å². The number of hydrogen-bond donors (Lipinski definition) is 0. The molecule has 0 bridgehead atoms. The molecule has 0 amide bonds. The Bertz CT molecular complexity index is 4930. The molecule has 10 aromatic carbocycles. The molecule has 16 rings (SSSR count). The van der Waals surface area contributed by atoms with Crippen LogP contribution in [0.4, 0.5) is 26.3 Å². The maximum atomic E-state index is 17.4. The summed E-state index contributed by atoms with van der Waals surface area (Å²) in [6, 6.07) is 85.0. The molecule has 450 valence electrons. The van der Waals surface area contributed by atoms with E-state index in [2.05, 4.69) is 0 Å². The van der Waals surface area contributed by atoms with Crippen molar-refractivity contribution in [3.05, 3.63) is 315 Å². The van der Waals surface area contributed by atoms with Crippen LogP contribution in [0.2, 0.25) is 0 Å². The van der Waals surface area contributed by atoms with Gasteiger partial charge in [0.1, 0.15) is 5.56 Å². The second-order valence-corrected chi connectivity index (χ2v) is 23.3. The third kappa shape index (κ3) is 10.5. The van der Waals surface area contributed by atoms with Gasteiger partial charge in [-0.2, -0.15) is 26.3 Å².